The van der Waals surface area contributed by atoms with Crippen LogP contribution in [-0.2, 0) is 0 Å². The smallest absolute Gasteiger partial charge is 0.0947 e. The third-order valence-corrected chi connectivity index (χ3v) is 2.57. The van der Waals surface area contributed by atoms with Crippen LogP contribution in [0, 0.1) is 0 Å². The van der Waals surface area contributed by atoms with Crippen molar-refractivity contribution in [3.05, 3.63) is 36.9 Å². The second-order valence-corrected chi connectivity index (χ2v) is 4.76. The highest BCUT2D eigenvalue weighted by Gasteiger charge is 2.23. The predicted octanol–water partition coefficient (Wildman–Crippen LogP) is 2.43. The van der Waals surface area contributed by atoms with E-state index in [2.05, 4.69) is 54.0 Å². The van der Waals surface area contributed by atoms with Crippen LogP contribution in [0.4, 0.5) is 5.69 Å². The third-order valence-electron chi connectivity index (χ3n) is 2.57. The molecule has 80 valence electrons. The Morgan fingerprint density at radius 1 is 1.27 bits per heavy atom. The minimum absolute atomic E-state index is 0.174. The molecular weight excluding hydrogens is 186 g/mol. The van der Waals surface area contributed by atoms with Gasteiger partial charge in [0, 0.05) is 24.1 Å². The first kappa shape index (κ1) is 10.0. The van der Waals surface area contributed by atoms with Gasteiger partial charge in [-0.15, -0.1) is 0 Å². The number of nitrogens with zero attached hydrogens (tertiary/aromatic N) is 3. The largest absolute Gasteiger partial charge is 0.353 e. The molecule has 2 heterocycles. The third kappa shape index (κ3) is 2.12. The summed E-state index contributed by atoms with van der Waals surface area (Å²) in [5, 5.41) is 0. The summed E-state index contributed by atoms with van der Waals surface area (Å²) in [7, 11) is 0. The predicted molar refractivity (Wildman–Crippen MR) is 62.3 cm³/mol. The van der Waals surface area contributed by atoms with Crippen molar-refractivity contribution in [1.29, 1.82) is 0 Å². The Kier molecular flexibility index (Phi) is 2.39. The molecule has 0 bridgehead atoms. The molecule has 1 aromatic heterocycles. The van der Waals surface area contributed by atoms with Gasteiger partial charge in [0.05, 0.1) is 18.6 Å². The lowest BCUT2D eigenvalue weighted by Crippen LogP contribution is -2.39. The first-order valence-electron chi connectivity index (χ1n) is 5.19. The van der Waals surface area contributed by atoms with Gasteiger partial charge in [0.2, 0.25) is 0 Å². The fraction of sp³-hybridized carbons (Fsp3) is 0.417. The molecule has 0 atom stereocenters. The molecule has 0 N–H and O–H groups in total. The number of hydrogen-bond acceptors (Lipinski definition) is 3. The summed E-state index contributed by atoms with van der Waals surface area (Å²) in [6, 6.07) is 4.03. The van der Waals surface area contributed by atoms with Crippen molar-refractivity contribution in [3.8, 4) is 0 Å². The van der Waals surface area contributed by atoms with E-state index in [4.69, 9.17) is 0 Å². The van der Waals surface area contributed by atoms with Crippen LogP contribution >= 0.6 is 0 Å². The lowest BCUT2D eigenvalue weighted by molar-refractivity contribution is 0.223. The van der Waals surface area contributed by atoms with Crippen LogP contribution in [0.5, 0.6) is 0 Å². The van der Waals surface area contributed by atoms with Crippen LogP contribution in [0.1, 0.15) is 20.8 Å². The van der Waals surface area contributed by atoms with Crippen LogP contribution in [0.3, 0.4) is 0 Å². The summed E-state index contributed by atoms with van der Waals surface area (Å²) in [4.78, 5) is 8.62. The average molecular weight is 203 g/mol. The van der Waals surface area contributed by atoms with E-state index in [0.717, 1.165) is 12.4 Å². The minimum Gasteiger partial charge on any atom is -0.353 e. The summed E-state index contributed by atoms with van der Waals surface area (Å²) in [5.41, 5.74) is 1.31. The first-order valence-corrected chi connectivity index (χ1v) is 5.19. The Morgan fingerprint density at radius 2 is 2.07 bits per heavy atom. The van der Waals surface area contributed by atoms with Crippen LogP contribution < -0.4 is 4.90 Å². The fourth-order valence-corrected chi connectivity index (χ4v) is 1.55. The van der Waals surface area contributed by atoms with Gasteiger partial charge in [0.25, 0.3) is 0 Å². The second-order valence-electron chi connectivity index (χ2n) is 4.76. The van der Waals surface area contributed by atoms with E-state index < -0.39 is 0 Å². The van der Waals surface area contributed by atoms with Gasteiger partial charge in [0.1, 0.15) is 0 Å². The Balaban J connectivity index is 2.10. The van der Waals surface area contributed by atoms with E-state index in [0.29, 0.717) is 0 Å². The van der Waals surface area contributed by atoms with Crippen molar-refractivity contribution in [2.24, 2.45) is 0 Å². The Hall–Kier alpha value is -1.51. The van der Waals surface area contributed by atoms with E-state index >= 15 is 0 Å². The summed E-state index contributed by atoms with van der Waals surface area (Å²) in [5.74, 6) is 0. The maximum atomic E-state index is 4.12. The average Bonchev–Trinajstić information content (AvgIpc) is 2.67. The van der Waals surface area contributed by atoms with E-state index in [1.165, 1.54) is 0 Å². The minimum atomic E-state index is 0.174. The van der Waals surface area contributed by atoms with Crippen LogP contribution in [0.2, 0.25) is 0 Å². The van der Waals surface area contributed by atoms with Crippen molar-refractivity contribution in [1.82, 2.24) is 9.88 Å². The van der Waals surface area contributed by atoms with E-state index in [9.17, 15) is 0 Å². The molecule has 0 aromatic carbocycles. The van der Waals surface area contributed by atoms with Crippen molar-refractivity contribution < 1.29 is 0 Å². The topological polar surface area (TPSA) is 19.4 Å². The molecule has 2 rings (SSSR count). The summed E-state index contributed by atoms with van der Waals surface area (Å²) in [6.07, 6.45) is 7.91. The van der Waals surface area contributed by atoms with E-state index in [1.54, 1.807) is 6.20 Å². The standard InChI is InChI=1S/C12H17N3/c1-12(2,3)15-8-7-14(10-15)11-5-4-6-13-9-11/h4-9H,10H2,1-3H3. The van der Waals surface area contributed by atoms with E-state index in [-0.39, 0.29) is 5.54 Å². The zero-order valence-electron chi connectivity index (χ0n) is 9.51. The maximum Gasteiger partial charge on any atom is 0.0947 e. The zero-order valence-corrected chi connectivity index (χ0v) is 9.51. The molecule has 1 aliphatic heterocycles. The summed E-state index contributed by atoms with van der Waals surface area (Å²) < 4.78 is 0. The molecule has 0 saturated carbocycles. The number of hydrogen-bond donors (Lipinski definition) is 0. The van der Waals surface area contributed by atoms with Crippen LogP contribution in [0.15, 0.2) is 36.9 Å². The van der Waals surface area contributed by atoms with Crippen molar-refractivity contribution in [2.75, 3.05) is 11.6 Å². The SMILES string of the molecule is CC(C)(C)N1C=CN(c2cccnc2)C1. The lowest BCUT2D eigenvalue weighted by atomic mass is 10.1. The molecule has 1 aliphatic rings. The fourth-order valence-electron chi connectivity index (χ4n) is 1.55. The monoisotopic (exact) mass is 203 g/mol. The van der Waals surface area contributed by atoms with Gasteiger partial charge >= 0.3 is 0 Å². The van der Waals surface area contributed by atoms with Gasteiger partial charge in [-0.25, -0.2) is 0 Å². The lowest BCUT2D eigenvalue weighted by Gasteiger charge is -2.33. The van der Waals surface area contributed by atoms with Gasteiger partial charge < -0.3 is 9.80 Å². The van der Waals surface area contributed by atoms with Gasteiger partial charge in [-0.1, -0.05) is 0 Å². The molecule has 3 heteroatoms. The zero-order chi connectivity index (χ0) is 10.9. The van der Waals surface area contributed by atoms with Crippen molar-refractivity contribution in [3.63, 3.8) is 0 Å². The van der Waals surface area contributed by atoms with Crippen molar-refractivity contribution >= 4 is 5.69 Å². The normalized spacial score (nSPS) is 16.2. The second kappa shape index (κ2) is 3.57. The highest BCUT2D eigenvalue weighted by atomic mass is 15.4. The number of rotatable bonds is 1. The molecule has 0 unspecified atom stereocenters. The molecule has 0 radical (unpaired) electrons. The highest BCUT2D eigenvalue weighted by molar-refractivity contribution is 5.48. The highest BCUT2D eigenvalue weighted by Crippen LogP contribution is 2.23. The van der Waals surface area contributed by atoms with Gasteiger partial charge in [0.15, 0.2) is 0 Å². The van der Waals surface area contributed by atoms with E-state index in [1.807, 2.05) is 12.3 Å². The van der Waals surface area contributed by atoms with Crippen LogP contribution in [0.25, 0.3) is 0 Å². The molecule has 0 fully saturated rings. The molecule has 0 amide bonds. The van der Waals surface area contributed by atoms with Gasteiger partial charge in [-0.2, -0.15) is 0 Å². The molecule has 1 aromatic rings. The number of pyridine rings is 1. The molecular formula is C12H17N3. The summed E-state index contributed by atoms with van der Waals surface area (Å²) in [6.45, 7) is 7.54. The molecule has 0 saturated heterocycles. The van der Waals surface area contributed by atoms with Crippen molar-refractivity contribution in [2.45, 2.75) is 26.3 Å². The Bertz CT molecular complexity index is 351. The Labute approximate surface area is 91.0 Å². The molecule has 0 aliphatic carbocycles. The molecule has 3 nitrogen and oxygen atoms in total. The van der Waals surface area contributed by atoms with Crippen LogP contribution in [-0.4, -0.2) is 22.1 Å². The molecule has 0 spiro atoms. The Morgan fingerprint density at radius 3 is 2.60 bits per heavy atom. The maximum absolute atomic E-state index is 4.12. The number of anilines is 1. The molecule has 15 heavy (non-hydrogen) atoms. The first-order chi connectivity index (χ1) is 7.07. The van der Waals surface area contributed by atoms with Gasteiger partial charge in [-0.3, -0.25) is 4.98 Å². The quantitative estimate of drug-likeness (QED) is 0.698. The summed E-state index contributed by atoms with van der Waals surface area (Å²) >= 11 is 0. The number of aromatic nitrogens is 1. The van der Waals surface area contributed by atoms with Gasteiger partial charge in [-0.05, 0) is 32.9 Å².